The van der Waals surface area contributed by atoms with Crippen LogP contribution in [0, 0.1) is 13.8 Å². The standard InChI is InChI=1S/C14H14BrN3OS/c1-8-6-9(2)17-12(7-8)20-11-5-3-4-10(15)13(11)14(16)18-19/h3-7,19H,1-2H3,(H2,16,18). The summed E-state index contributed by atoms with van der Waals surface area (Å²) in [4.78, 5) is 5.37. The van der Waals surface area contributed by atoms with Gasteiger partial charge in [-0.3, -0.25) is 0 Å². The number of halogens is 1. The van der Waals surface area contributed by atoms with Crippen molar-refractivity contribution >= 4 is 33.5 Å². The first kappa shape index (κ1) is 14.9. The molecule has 0 aliphatic rings. The van der Waals surface area contributed by atoms with E-state index in [1.165, 1.54) is 11.8 Å². The predicted molar refractivity (Wildman–Crippen MR) is 84.5 cm³/mol. The van der Waals surface area contributed by atoms with E-state index in [0.717, 1.165) is 25.7 Å². The molecule has 0 bridgehead atoms. The number of aryl methyl sites for hydroxylation is 2. The number of rotatable bonds is 3. The van der Waals surface area contributed by atoms with Gasteiger partial charge in [0.05, 0.1) is 0 Å². The number of nitrogens with two attached hydrogens (primary N) is 1. The van der Waals surface area contributed by atoms with Crippen LogP contribution in [0.5, 0.6) is 0 Å². The fraction of sp³-hybridized carbons (Fsp3) is 0.143. The van der Waals surface area contributed by atoms with Gasteiger partial charge < -0.3 is 10.9 Å². The molecular weight excluding hydrogens is 338 g/mol. The highest BCUT2D eigenvalue weighted by Crippen LogP contribution is 2.33. The lowest BCUT2D eigenvalue weighted by atomic mass is 10.2. The van der Waals surface area contributed by atoms with Crippen molar-refractivity contribution in [2.24, 2.45) is 10.9 Å². The maximum absolute atomic E-state index is 8.91. The minimum Gasteiger partial charge on any atom is -0.409 e. The zero-order valence-corrected chi connectivity index (χ0v) is 13.5. The molecule has 0 saturated heterocycles. The number of amidine groups is 1. The van der Waals surface area contributed by atoms with E-state index in [1.54, 1.807) is 0 Å². The Morgan fingerprint density at radius 3 is 2.75 bits per heavy atom. The lowest BCUT2D eigenvalue weighted by Crippen LogP contribution is -2.15. The van der Waals surface area contributed by atoms with E-state index in [2.05, 4.69) is 26.1 Å². The van der Waals surface area contributed by atoms with Crippen LogP contribution in [0.25, 0.3) is 0 Å². The summed E-state index contributed by atoms with van der Waals surface area (Å²) in [6, 6.07) is 9.71. The Hall–Kier alpha value is -1.53. The van der Waals surface area contributed by atoms with Gasteiger partial charge >= 0.3 is 0 Å². The Labute approximate surface area is 130 Å². The van der Waals surface area contributed by atoms with E-state index in [9.17, 15) is 0 Å². The van der Waals surface area contributed by atoms with E-state index in [1.807, 2.05) is 44.2 Å². The Morgan fingerprint density at radius 1 is 1.35 bits per heavy atom. The monoisotopic (exact) mass is 351 g/mol. The van der Waals surface area contributed by atoms with Crippen molar-refractivity contribution in [3.63, 3.8) is 0 Å². The van der Waals surface area contributed by atoms with Gasteiger partial charge in [0.2, 0.25) is 0 Å². The second kappa shape index (κ2) is 6.28. The van der Waals surface area contributed by atoms with E-state index < -0.39 is 0 Å². The lowest BCUT2D eigenvalue weighted by Gasteiger charge is -2.10. The van der Waals surface area contributed by atoms with E-state index in [0.29, 0.717) is 5.56 Å². The quantitative estimate of drug-likeness (QED) is 0.382. The fourth-order valence-electron chi connectivity index (χ4n) is 1.86. The average molecular weight is 352 g/mol. The van der Waals surface area contributed by atoms with E-state index >= 15 is 0 Å². The molecule has 0 atom stereocenters. The Morgan fingerprint density at radius 2 is 2.10 bits per heavy atom. The SMILES string of the molecule is Cc1cc(C)nc(Sc2cccc(Br)c2/C(N)=N/O)c1. The molecule has 2 rings (SSSR count). The second-order valence-corrected chi connectivity index (χ2v) is 6.24. The van der Waals surface area contributed by atoms with Crippen LogP contribution in [0.1, 0.15) is 16.8 Å². The molecular formula is C14H14BrN3OS. The third-order valence-electron chi connectivity index (χ3n) is 2.63. The number of pyridine rings is 1. The molecule has 0 saturated carbocycles. The fourth-order valence-corrected chi connectivity index (χ4v) is 3.68. The van der Waals surface area contributed by atoms with Crippen molar-refractivity contribution < 1.29 is 5.21 Å². The summed E-state index contributed by atoms with van der Waals surface area (Å²) in [5, 5.41) is 12.9. The molecule has 104 valence electrons. The van der Waals surface area contributed by atoms with Gasteiger partial charge in [-0.25, -0.2) is 4.98 Å². The largest absolute Gasteiger partial charge is 0.409 e. The molecule has 1 aromatic heterocycles. The average Bonchev–Trinajstić information content (AvgIpc) is 2.37. The number of nitrogens with zero attached hydrogens (tertiary/aromatic N) is 2. The van der Waals surface area contributed by atoms with Gasteiger partial charge in [0.1, 0.15) is 5.03 Å². The summed E-state index contributed by atoms with van der Waals surface area (Å²) in [5.74, 6) is 0.0735. The van der Waals surface area contributed by atoms with Crippen molar-refractivity contribution in [1.82, 2.24) is 4.98 Å². The van der Waals surface area contributed by atoms with Crippen LogP contribution in [0.3, 0.4) is 0 Å². The molecule has 0 spiro atoms. The molecule has 4 nitrogen and oxygen atoms in total. The van der Waals surface area contributed by atoms with Crippen LogP contribution in [-0.4, -0.2) is 16.0 Å². The summed E-state index contributed by atoms with van der Waals surface area (Å²) in [6.45, 7) is 3.99. The highest BCUT2D eigenvalue weighted by Gasteiger charge is 2.13. The molecule has 0 unspecified atom stereocenters. The first-order valence-electron chi connectivity index (χ1n) is 5.91. The van der Waals surface area contributed by atoms with Gasteiger partial charge in [0, 0.05) is 20.6 Å². The number of aromatic nitrogens is 1. The van der Waals surface area contributed by atoms with Crippen molar-refractivity contribution in [1.29, 1.82) is 0 Å². The van der Waals surface area contributed by atoms with E-state index in [4.69, 9.17) is 10.9 Å². The highest BCUT2D eigenvalue weighted by atomic mass is 79.9. The van der Waals surface area contributed by atoms with Crippen LogP contribution >= 0.6 is 27.7 Å². The topological polar surface area (TPSA) is 71.5 Å². The van der Waals surface area contributed by atoms with Gasteiger partial charge in [-0.2, -0.15) is 0 Å². The van der Waals surface area contributed by atoms with E-state index in [-0.39, 0.29) is 5.84 Å². The number of oxime groups is 1. The zero-order valence-electron chi connectivity index (χ0n) is 11.1. The third kappa shape index (κ3) is 3.32. The van der Waals surface area contributed by atoms with Crippen LogP contribution in [0.15, 0.2) is 49.9 Å². The van der Waals surface area contributed by atoms with Gasteiger partial charge in [0.15, 0.2) is 5.84 Å². The van der Waals surface area contributed by atoms with Crippen molar-refractivity contribution in [2.45, 2.75) is 23.8 Å². The molecule has 0 amide bonds. The summed E-state index contributed by atoms with van der Waals surface area (Å²) in [7, 11) is 0. The smallest absolute Gasteiger partial charge is 0.172 e. The van der Waals surface area contributed by atoms with Crippen LogP contribution < -0.4 is 5.73 Å². The normalized spacial score (nSPS) is 11.7. The van der Waals surface area contributed by atoms with Crippen molar-refractivity contribution in [3.8, 4) is 0 Å². The maximum Gasteiger partial charge on any atom is 0.172 e. The summed E-state index contributed by atoms with van der Waals surface area (Å²) < 4.78 is 0.780. The summed E-state index contributed by atoms with van der Waals surface area (Å²) in [6.07, 6.45) is 0. The van der Waals surface area contributed by atoms with Crippen molar-refractivity contribution in [2.75, 3.05) is 0 Å². The molecule has 0 aliphatic carbocycles. The Kier molecular flexibility index (Phi) is 4.67. The minimum absolute atomic E-state index is 0.0735. The summed E-state index contributed by atoms with van der Waals surface area (Å²) >= 11 is 4.91. The molecule has 1 heterocycles. The molecule has 6 heteroatoms. The number of hydrogen-bond acceptors (Lipinski definition) is 4. The molecule has 0 radical (unpaired) electrons. The molecule has 2 aromatic rings. The van der Waals surface area contributed by atoms with Gasteiger partial charge in [0.25, 0.3) is 0 Å². The number of benzene rings is 1. The molecule has 0 aliphatic heterocycles. The minimum atomic E-state index is 0.0735. The van der Waals surface area contributed by atoms with Crippen LogP contribution in [-0.2, 0) is 0 Å². The van der Waals surface area contributed by atoms with Gasteiger partial charge in [-0.15, -0.1) is 0 Å². The first-order valence-corrected chi connectivity index (χ1v) is 7.51. The maximum atomic E-state index is 8.91. The van der Waals surface area contributed by atoms with Gasteiger partial charge in [-0.1, -0.05) is 23.0 Å². The van der Waals surface area contributed by atoms with Crippen LogP contribution in [0.4, 0.5) is 0 Å². The Bertz CT molecular complexity index is 653. The molecule has 0 fully saturated rings. The van der Waals surface area contributed by atoms with Crippen molar-refractivity contribution in [3.05, 3.63) is 51.6 Å². The lowest BCUT2D eigenvalue weighted by molar-refractivity contribution is 0.318. The third-order valence-corrected chi connectivity index (χ3v) is 4.27. The Balaban J connectivity index is 2.46. The highest BCUT2D eigenvalue weighted by molar-refractivity contribution is 9.10. The van der Waals surface area contributed by atoms with Gasteiger partial charge in [-0.05, 0) is 59.6 Å². The molecule has 1 aromatic carbocycles. The van der Waals surface area contributed by atoms with Crippen LogP contribution in [0.2, 0.25) is 0 Å². The second-order valence-electron chi connectivity index (χ2n) is 4.32. The number of hydrogen-bond donors (Lipinski definition) is 2. The summed E-state index contributed by atoms with van der Waals surface area (Å²) in [5.41, 5.74) is 8.53. The molecule has 3 N–H and O–H groups in total. The molecule has 20 heavy (non-hydrogen) atoms. The first-order chi connectivity index (χ1) is 9.51. The predicted octanol–water partition coefficient (Wildman–Crippen LogP) is 3.71. The zero-order chi connectivity index (χ0) is 14.7.